The first-order valence-electron chi connectivity index (χ1n) is 6.20. The van der Waals surface area contributed by atoms with E-state index in [1.165, 1.54) is 11.3 Å². The largest absolute Gasteiger partial charge is 0.264 e. The van der Waals surface area contributed by atoms with Crippen LogP contribution in [-0.4, -0.2) is 24.8 Å². The second kappa shape index (κ2) is 5.01. The van der Waals surface area contributed by atoms with Gasteiger partial charge in [0.15, 0.2) is 5.82 Å². The first-order chi connectivity index (χ1) is 10.3. The third-order valence-electron chi connectivity index (χ3n) is 2.98. The predicted molar refractivity (Wildman–Crippen MR) is 85.0 cm³/mol. The lowest BCUT2D eigenvalue weighted by atomic mass is 10.2. The molecule has 3 heterocycles. The molecule has 0 amide bonds. The number of benzene rings is 1. The third kappa shape index (κ3) is 2.24. The van der Waals surface area contributed by atoms with Gasteiger partial charge in [0.25, 0.3) is 0 Å². The van der Waals surface area contributed by atoms with Gasteiger partial charge in [-0.05, 0) is 24.3 Å². The van der Waals surface area contributed by atoms with Crippen LogP contribution in [0.15, 0.2) is 53.3 Å². The smallest absolute Gasteiger partial charge is 0.235 e. The first kappa shape index (κ1) is 12.6. The van der Waals surface area contributed by atoms with Gasteiger partial charge in [-0.2, -0.15) is 9.61 Å². The van der Waals surface area contributed by atoms with E-state index in [-0.39, 0.29) is 0 Å². The van der Waals surface area contributed by atoms with E-state index in [1.54, 1.807) is 16.9 Å². The first-order valence-corrected chi connectivity index (χ1v) is 7.81. The monoisotopic (exact) mass is 357 g/mol. The lowest BCUT2D eigenvalue weighted by Crippen LogP contribution is -1.91. The molecule has 21 heavy (non-hydrogen) atoms. The Bertz CT molecular complexity index is 915. The topological polar surface area (TPSA) is 56.0 Å². The number of hydrogen-bond donors (Lipinski definition) is 0. The van der Waals surface area contributed by atoms with Crippen LogP contribution in [0.4, 0.5) is 0 Å². The van der Waals surface area contributed by atoms with Gasteiger partial charge in [-0.1, -0.05) is 39.4 Å². The number of hydrogen-bond acceptors (Lipinski definition) is 5. The van der Waals surface area contributed by atoms with Crippen molar-refractivity contribution in [3.05, 3.63) is 53.3 Å². The van der Waals surface area contributed by atoms with Crippen molar-refractivity contribution in [2.75, 3.05) is 0 Å². The molecular weight excluding hydrogens is 350 g/mol. The van der Waals surface area contributed by atoms with Crippen LogP contribution in [-0.2, 0) is 0 Å². The number of pyridine rings is 1. The fourth-order valence-electron chi connectivity index (χ4n) is 2.03. The second-order valence-corrected chi connectivity index (χ2v) is 6.25. The van der Waals surface area contributed by atoms with Crippen LogP contribution < -0.4 is 0 Å². The second-order valence-electron chi connectivity index (χ2n) is 4.38. The summed E-state index contributed by atoms with van der Waals surface area (Å²) in [7, 11) is 0. The number of halogens is 1. The van der Waals surface area contributed by atoms with Crippen LogP contribution in [0.3, 0.4) is 0 Å². The summed E-state index contributed by atoms with van der Waals surface area (Å²) in [6, 6.07) is 11.9. The summed E-state index contributed by atoms with van der Waals surface area (Å²) in [6.45, 7) is 0. The number of rotatable bonds is 2. The zero-order chi connectivity index (χ0) is 14.2. The number of aromatic nitrogens is 5. The highest BCUT2D eigenvalue weighted by Gasteiger charge is 2.14. The molecule has 7 heteroatoms. The van der Waals surface area contributed by atoms with Crippen molar-refractivity contribution in [1.82, 2.24) is 24.8 Å². The molecule has 4 aromatic rings. The maximum atomic E-state index is 4.62. The highest BCUT2D eigenvalue weighted by molar-refractivity contribution is 9.10. The molecule has 0 aliphatic carbocycles. The molecule has 0 unspecified atom stereocenters. The van der Waals surface area contributed by atoms with Crippen molar-refractivity contribution in [3.63, 3.8) is 0 Å². The Morgan fingerprint density at radius 2 is 1.95 bits per heavy atom. The number of fused-ring (bicyclic) bond motifs is 1. The van der Waals surface area contributed by atoms with Gasteiger partial charge >= 0.3 is 0 Å². The van der Waals surface area contributed by atoms with Crippen molar-refractivity contribution in [2.45, 2.75) is 0 Å². The van der Waals surface area contributed by atoms with Crippen LogP contribution >= 0.6 is 27.3 Å². The molecule has 5 nitrogen and oxygen atoms in total. The lowest BCUT2D eigenvalue weighted by Gasteiger charge is -1.97. The van der Waals surface area contributed by atoms with Gasteiger partial charge in [-0.3, -0.25) is 4.98 Å². The molecule has 0 atom stereocenters. The standard InChI is InChI=1S/C14H8BrN5S/c15-11-5-1-3-9(7-11)13-19-20-12(17-18-14(20)21-13)10-4-2-6-16-8-10/h1-8H. The molecule has 0 fully saturated rings. The van der Waals surface area contributed by atoms with E-state index < -0.39 is 0 Å². The summed E-state index contributed by atoms with van der Waals surface area (Å²) in [5.41, 5.74) is 1.95. The molecular formula is C14H8BrN5S. The van der Waals surface area contributed by atoms with E-state index in [0.717, 1.165) is 25.6 Å². The molecule has 102 valence electrons. The average molecular weight is 358 g/mol. The van der Waals surface area contributed by atoms with E-state index in [2.05, 4.69) is 36.2 Å². The van der Waals surface area contributed by atoms with Crippen molar-refractivity contribution in [3.8, 4) is 22.0 Å². The van der Waals surface area contributed by atoms with Gasteiger partial charge in [0, 0.05) is 28.0 Å². The Morgan fingerprint density at radius 1 is 1.05 bits per heavy atom. The van der Waals surface area contributed by atoms with Crippen LogP contribution in [0.5, 0.6) is 0 Å². The number of nitrogens with zero attached hydrogens (tertiary/aromatic N) is 5. The highest BCUT2D eigenvalue weighted by atomic mass is 79.9. The summed E-state index contributed by atoms with van der Waals surface area (Å²) in [5.74, 6) is 0.704. The van der Waals surface area contributed by atoms with E-state index >= 15 is 0 Å². The predicted octanol–water partition coefficient (Wildman–Crippen LogP) is 3.68. The highest BCUT2D eigenvalue weighted by Crippen LogP contribution is 2.29. The van der Waals surface area contributed by atoms with Gasteiger partial charge < -0.3 is 0 Å². The molecule has 0 bridgehead atoms. The maximum absolute atomic E-state index is 4.62. The molecule has 0 N–H and O–H groups in total. The molecule has 0 radical (unpaired) electrons. The summed E-state index contributed by atoms with van der Waals surface area (Å²) < 4.78 is 2.79. The summed E-state index contributed by atoms with van der Waals surface area (Å²) in [5, 5.41) is 13.9. The Labute approximate surface area is 132 Å². The third-order valence-corrected chi connectivity index (χ3v) is 4.42. The zero-order valence-electron chi connectivity index (χ0n) is 10.6. The summed E-state index contributed by atoms with van der Waals surface area (Å²) in [6.07, 6.45) is 3.49. The molecule has 3 aromatic heterocycles. The molecule has 1 aromatic carbocycles. The van der Waals surface area contributed by atoms with Gasteiger partial charge in [0.2, 0.25) is 4.96 Å². The molecule has 0 aliphatic rings. The summed E-state index contributed by atoms with van der Waals surface area (Å²) in [4.78, 5) is 4.88. The van der Waals surface area contributed by atoms with Gasteiger partial charge in [0.1, 0.15) is 5.01 Å². The lowest BCUT2D eigenvalue weighted by molar-refractivity contribution is 0.969. The fraction of sp³-hybridized carbons (Fsp3) is 0. The van der Waals surface area contributed by atoms with Gasteiger partial charge in [-0.25, -0.2) is 0 Å². The Kier molecular flexibility index (Phi) is 3.01. The Morgan fingerprint density at radius 3 is 2.76 bits per heavy atom. The quantitative estimate of drug-likeness (QED) is 0.549. The van der Waals surface area contributed by atoms with Crippen molar-refractivity contribution < 1.29 is 0 Å². The molecule has 4 rings (SSSR count). The van der Waals surface area contributed by atoms with Crippen molar-refractivity contribution in [1.29, 1.82) is 0 Å². The fourth-order valence-corrected chi connectivity index (χ4v) is 3.27. The van der Waals surface area contributed by atoms with E-state index in [9.17, 15) is 0 Å². The minimum absolute atomic E-state index is 0.704. The normalized spacial score (nSPS) is 11.1. The van der Waals surface area contributed by atoms with Crippen LogP contribution in [0, 0.1) is 0 Å². The summed E-state index contributed by atoms with van der Waals surface area (Å²) >= 11 is 4.99. The Hall–Kier alpha value is -2.12. The SMILES string of the molecule is Brc1cccc(-c2nn3c(-c4cccnc4)nnc3s2)c1. The van der Waals surface area contributed by atoms with Crippen molar-refractivity contribution in [2.24, 2.45) is 0 Å². The minimum Gasteiger partial charge on any atom is -0.264 e. The van der Waals surface area contributed by atoms with Crippen molar-refractivity contribution >= 4 is 32.2 Å². The average Bonchev–Trinajstić information content (AvgIpc) is 3.08. The van der Waals surface area contributed by atoms with E-state index in [1.807, 2.05) is 36.4 Å². The minimum atomic E-state index is 0.704. The maximum Gasteiger partial charge on any atom is 0.235 e. The van der Waals surface area contributed by atoms with E-state index in [0.29, 0.717) is 5.82 Å². The van der Waals surface area contributed by atoms with Gasteiger partial charge in [0.05, 0.1) is 0 Å². The molecule has 0 spiro atoms. The van der Waals surface area contributed by atoms with Crippen LogP contribution in [0.2, 0.25) is 0 Å². The van der Waals surface area contributed by atoms with Crippen LogP contribution in [0.1, 0.15) is 0 Å². The Balaban J connectivity index is 1.87. The van der Waals surface area contributed by atoms with Crippen LogP contribution in [0.25, 0.3) is 26.9 Å². The molecule has 0 aliphatic heterocycles. The zero-order valence-corrected chi connectivity index (χ0v) is 13.0. The molecule has 0 saturated heterocycles. The molecule has 0 saturated carbocycles. The van der Waals surface area contributed by atoms with E-state index in [4.69, 9.17) is 0 Å². The van der Waals surface area contributed by atoms with Gasteiger partial charge in [-0.15, -0.1) is 10.2 Å².